The summed E-state index contributed by atoms with van der Waals surface area (Å²) in [6.07, 6.45) is 2.43. The molecule has 1 fully saturated rings. The largest absolute Gasteiger partial charge is 0.312 e. The topological polar surface area (TPSA) is 15.3 Å². The van der Waals surface area contributed by atoms with Crippen molar-refractivity contribution in [2.75, 3.05) is 19.6 Å². The second-order valence-corrected chi connectivity index (χ2v) is 4.11. The van der Waals surface area contributed by atoms with Crippen molar-refractivity contribution in [3.05, 3.63) is 0 Å². The zero-order valence-electron chi connectivity index (χ0n) is 7.43. The van der Waals surface area contributed by atoms with Gasteiger partial charge >= 0.3 is 0 Å². The van der Waals surface area contributed by atoms with E-state index in [0.29, 0.717) is 5.54 Å². The molecular formula is C8H18N2S. The number of hydrogen-bond donors (Lipinski definition) is 2. The van der Waals surface area contributed by atoms with Crippen molar-refractivity contribution >= 4 is 12.8 Å². The lowest BCUT2D eigenvalue weighted by Crippen LogP contribution is -2.49. The molecule has 0 aromatic rings. The lowest BCUT2D eigenvalue weighted by molar-refractivity contribution is 0.223. The smallest absolute Gasteiger partial charge is 0.0178 e. The normalized spacial score (nSPS) is 25.4. The fourth-order valence-corrected chi connectivity index (χ4v) is 1.79. The zero-order valence-corrected chi connectivity index (χ0v) is 8.32. The van der Waals surface area contributed by atoms with E-state index in [2.05, 4.69) is 36.3 Å². The number of nitrogens with one attached hydrogen (secondary N) is 1. The molecule has 0 spiro atoms. The Kier molecular flexibility index (Phi) is 3.22. The molecule has 0 amide bonds. The fourth-order valence-electron chi connectivity index (χ4n) is 1.59. The molecule has 0 aromatic heterocycles. The highest BCUT2D eigenvalue weighted by Crippen LogP contribution is 2.21. The van der Waals surface area contributed by atoms with Crippen LogP contribution in [0.15, 0.2) is 0 Å². The van der Waals surface area contributed by atoms with Crippen molar-refractivity contribution in [2.24, 2.45) is 0 Å². The minimum atomic E-state index is 0.369. The maximum Gasteiger partial charge on any atom is 0.0178 e. The zero-order chi connectivity index (χ0) is 8.32. The van der Waals surface area contributed by atoms with Crippen molar-refractivity contribution in [3.63, 3.8) is 0 Å². The first-order chi connectivity index (χ1) is 5.16. The first-order valence-corrected chi connectivity index (χ1v) is 4.75. The van der Waals surface area contributed by atoms with Gasteiger partial charge in [-0.25, -0.2) is 0 Å². The third kappa shape index (κ3) is 2.65. The third-order valence-electron chi connectivity index (χ3n) is 2.45. The van der Waals surface area contributed by atoms with Crippen molar-refractivity contribution in [1.82, 2.24) is 9.62 Å². The van der Waals surface area contributed by atoms with Gasteiger partial charge in [-0.3, -0.25) is 4.31 Å². The molecule has 0 radical (unpaired) electrons. The number of piperidine rings is 1. The third-order valence-corrected chi connectivity index (χ3v) is 2.85. The summed E-state index contributed by atoms with van der Waals surface area (Å²) in [6.45, 7) is 7.75. The van der Waals surface area contributed by atoms with Crippen molar-refractivity contribution in [1.29, 1.82) is 0 Å². The molecule has 11 heavy (non-hydrogen) atoms. The Morgan fingerprint density at radius 2 is 2.00 bits per heavy atom. The van der Waals surface area contributed by atoms with E-state index in [-0.39, 0.29) is 0 Å². The van der Waals surface area contributed by atoms with Gasteiger partial charge in [0.05, 0.1) is 0 Å². The van der Waals surface area contributed by atoms with Crippen LogP contribution in [0.2, 0.25) is 0 Å². The molecular weight excluding hydrogens is 156 g/mol. The van der Waals surface area contributed by atoms with E-state index in [4.69, 9.17) is 0 Å². The summed E-state index contributed by atoms with van der Waals surface area (Å²) in [4.78, 5) is 0. The van der Waals surface area contributed by atoms with Crippen LogP contribution in [0.5, 0.6) is 0 Å². The van der Waals surface area contributed by atoms with Crippen molar-refractivity contribution in [2.45, 2.75) is 32.2 Å². The summed E-state index contributed by atoms with van der Waals surface area (Å²) in [7, 11) is 0. The standard InChI is InChI=1S/C8H18N2S/c1-3-9-8(2)4-6-10(11)7-5-8/h9,11H,3-7H2,1-2H3. The van der Waals surface area contributed by atoms with E-state index < -0.39 is 0 Å². The van der Waals surface area contributed by atoms with E-state index >= 15 is 0 Å². The number of nitrogens with zero attached hydrogens (tertiary/aromatic N) is 1. The van der Waals surface area contributed by atoms with E-state index in [1.807, 2.05) is 0 Å². The Labute approximate surface area is 74.9 Å². The number of hydrogen-bond acceptors (Lipinski definition) is 3. The van der Waals surface area contributed by atoms with Crippen LogP contribution in [-0.2, 0) is 0 Å². The monoisotopic (exact) mass is 174 g/mol. The Bertz CT molecular complexity index is 119. The molecule has 0 saturated carbocycles. The van der Waals surface area contributed by atoms with Crippen LogP contribution in [0.4, 0.5) is 0 Å². The highest BCUT2D eigenvalue weighted by molar-refractivity contribution is 7.77. The highest BCUT2D eigenvalue weighted by atomic mass is 32.1. The predicted molar refractivity (Wildman–Crippen MR) is 51.9 cm³/mol. The quantitative estimate of drug-likeness (QED) is 0.613. The van der Waals surface area contributed by atoms with Crippen LogP contribution in [-0.4, -0.2) is 29.5 Å². The minimum absolute atomic E-state index is 0.369. The van der Waals surface area contributed by atoms with Gasteiger partial charge in [-0.15, -0.1) is 0 Å². The van der Waals surface area contributed by atoms with Gasteiger partial charge in [-0.05, 0) is 26.3 Å². The molecule has 0 aliphatic carbocycles. The van der Waals surface area contributed by atoms with E-state index in [0.717, 1.165) is 19.6 Å². The molecule has 1 aliphatic heterocycles. The second kappa shape index (κ2) is 3.78. The van der Waals surface area contributed by atoms with E-state index in [1.165, 1.54) is 12.8 Å². The van der Waals surface area contributed by atoms with Gasteiger partial charge in [-0.1, -0.05) is 19.7 Å². The maximum absolute atomic E-state index is 4.31. The second-order valence-electron chi connectivity index (χ2n) is 3.54. The molecule has 0 aromatic carbocycles. The predicted octanol–water partition coefficient (Wildman–Crippen LogP) is 1.30. The van der Waals surface area contributed by atoms with Crippen molar-refractivity contribution < 1.29 is 0 Å². The van der Waals surface area contributed by atoms with Gasteiger partial charge in [0.1, 0.15) is 0 Å². The van der Waals surface area contributed by atoms with Crippen LogP contribution in [0.25, 0.3) is 0 Å². The highest BCUT2D eigenvalue weighted by Gasteiger charge is 2.27. The molecule has 3 heteroatoms. The van der Waals surface area contributed by atoms with Gasteiger partial charge in [0.25, 0.3) is 0 Å². The molecule has 1 aliphatic rings. The van der Waals surface area contributed by atoms with Crippen LogP contribution >= 0.6 is 12.8 Å². The lowest BCUT2D eigenvalue weighted by Gasteiger charge is -2.37. The molecule has 66 valence electrons. The summed E-state index contributed by atoms with van der Waals surface area (Å²) in [5.74, 6) is 0. The summed E-state index contributed by atoms with van der Waals surface area (Å²) < 4.78 is 2.10. The Morgan fingerprint density at radius 3 is 2.45 bits per heavy atom. The number of rotatable bonds is 2. The summed E-state index contributed by atoms with van der Waals surface area (Å²) >= 11 is 4.31. The molecule has 2 nitrogen and oxygen atoms in total. The van der Waals surface area contributed by atoms with Gasteiger partial charge in [-0.2, -0.15) is 0 Å². The summed E-state index contributed by atoms with van der Waals surface area (Å²) in [5, 5.41) is 3.52. The first-order valence-electron chi connectivity index (χ1n) is 4.35. The van der Waals surface area contributed by atoms with Crippen molar-refractivity contribution in [3.8, 4) is 0 Å². The Hall–Kier alpha value is 0.270. The first kappa shape index (κ1) is 9.36. The molecule has 0 atom stereocenters. The van der Waals surface area contributed by atoms with Crippen LogP contribution in [0.3, 0.4) is 0 Å². The molecule has 1 N–H and O–H groups in total. The van der Waals surface area contributed by atoms with Crippen LogP contribution in [0, 0.1) is 0 Å². The van der Waals surface area contributed by atoms with E-state index in [9.17, 15) is 0 Å². The lowest BCUT2D eigenvalue weighted by atomic mass is 9.91. The Balaban J connectivity index is 2.35. The average molecular weight is 174 g/mol. The SMILES string of the molecule is CCNC1(C)CCN(S)CC1. The number of thiol groups is 1. The maximum atomic E-state index is 4.31. The minimum Gasteiger partial charge on any atom is -0.312 e. The van der Waals surface area contributed by atoms with E-state index in [1.54, 1.807) is 0 Å². The van der Waals surface area contributed by atoms with Crippen LogP contribution in [0.1, 0.15) is 26.7 Å². The van der Waals surface area contributed by atoms with Gasteiger partial charge in [0, 0.05) is 18.6 Å². The Morgan fingerprint density at radius 1 is 1.45 bits per heavy atom. The molecule has 0 bridgehead atoms. The molecule has 1 heterocycles. The fraction of sp³-hybridized carbons (Fsp3) is 1.00. The van der Waals surface area contributed by atoms with Gasteiger partial charge < -0.3 is 5.32 Å². The summed E-state index contributed by atoms with van der Waals surface area (Å²) in [6, 6.07) is 0. The summed E-state index contributed by atoms with van der Waals surface area (Å²) in [5.41, 5.74) is 0.369. The average Bonchev–Trinajstić information content (AvgIpc) is 1.97. The molecule has 1 rings (SSSR count). The molecule has 1 saturated heterocycles. The molecule has 0 unspecified atom stereocenters. The van der Waals surface area contributed by atoms with Gasteiger partial charge in [0.15, 0.2) is 0 Å². The van der Waals surface area contributed by atoms with Crippen LogP contribution < -0.4 is 5.32 Å². The van der Waals surface area contributed by atoms with Gasteiger partial charge in [0.2, 0.25) is 0 Å².